The van der Waals surface area contributed by atoms with Gasteiger partial charge in [0.25, 0.3) is 11.8 Å². The summed E-state index contributed by atoms with van der Waals surface area (Å²) in [4.78, 5) is 47.2. The molecule has 1 saturated heterocycles. The number of hydrogen-bond donors (Lipinski definition) is 1. The Morgan fingerprint density at radius 1 is 0.977 bits per heavy atom. The summed E-state index contributed by atoms with van der Waals surface area (Å²) in [5.74, 6) is -0.363. The summed E-state index contributed by atoms with van der Waals surface area (Å²) in [6.45, 7) is 1.26. The Labute approximate surface area is 246 Å². The number of carbonyl (C=O) groups excluding carboxylic acids is 3. The molecule has 0 spiro atoms. The second kappa shape index (κ2) is 11.2. The number of hydrogen-bond acceptors (Lipinski definition) is 5. The lowest BCUT2D eigenvalue weighted by atomic mass is 9.94. The number of para-hydroxylation sites is 2. The average molecular weight is 590 g/mol. The van der Waals surface area contributed by atoms with E-state index in [0.29, 0.717) is 44.6 Å². The SMILES string of the molecule is Cn1c(CCNC(=O)C2CCN(c3cccc4c3C(=O)N(Cc3cccc(C(F)(F)F)c3)C4=O)CC2)nc2ccccc21. The second-order valence-electron chi connectivity index (χ2n) is 11.0. The van der Waals surface area contributed by atoms with Gasteiger partial charge < -0.3 is 14.8 Å². The smallest absolute Gasteiger partial charge is 0.371 e. The summed E-state index contributed by atoms with van der Waals surface area (Å²) in [5, 5.41) is 3.04. The van der Waals surface area contributed by atoms with E-state index in [-0.39, 0.29) is 35.1 Å². The minimum Gasteiger partial charge on any atom is -0.371 e. The highest BCUT2D eigenvalue weighted by molar-refractivity contribution is 6.23. The molecule has 2 aliphatic rings. The van der Waals surface area contributed by atoms with Gasteiger partial charge in [-0.3, -0.25) is 19.3 Å². The van der Waals surface area contributed by atoms with E-state index in [2.05, 4.69) is 10.3 Å². The van der Waals surface area contributed by atoms with Gasteiger partial charge in [0.05, 0.1) is 40.0 Å². The highest BCUT2D eigenvalue weighted by atomic mass is 19.4. The first-order valence-electron chi connectivity index (χ1n) is 14.2. The molecule has 0 bridgehead atoms. The van der Waals surface area contributed by atoms with Crippen LogP contribution in [0.25, 0.3) is 11.0 Å². The molecular weight excluding hydrogens is 559 g/mol. The van der Waals surface area contributed by atoms with Crippen molar-refractivity contribution in [1.82, 2.24) is 19.8 Å². The van der Waals surface area contributed by atoms with Crippen LogP contribution in [0.4, 0.5) is 18.9 Å². The Bertz CT molecular complexity index is 1720. The van der Waals surface area contributed by atoms with E-state index in [4.69, 9.17) is 0 Å². The van der Waals surface area contributed by atoms with Gasteiger partial charge in [0, 0.05) is 39.0 Å². The van der Waals surface area contributed by atoms with Crippen LogP contribution in [0.1, 0.15) is 50.5 Å². The number of nitrogens with one attached hydrogen (secondary N) is 1. The van der Waals surface area contributed by atoms with Gasteiger partial charge in [-0.25, -0.2) is 4.98 Å². The molecule has 2 aliphatic heterocycles. The molecule has 6 rings (SSSR count). The van der Waals surface area contributed by atoms with E-state index in [1.165, 1.54) is 12.1 Å². The number of piperidine rings is 1. The number of anilines is 1. The number of halogens is 3. The summed E-state index contributed by atoms with van der Waals surface area (Å²) < 4.78 is 41.6. The van der Waals surface area contributed by atoms with Crippen LogP contribution in [0.5, 0.6) is 0 Å². The molecule has 0 radical (unpaired) electrons. The third-order valence-corrected chi connectivity index (χ3v) is 8.31. The molecule has 0 aliphatic carbocycles. The Hall–Kier alpha value is -4.67. The third kappa shape index (κ3) is 5.47. The van der Waals surface area contributed by atoms with Crippen molar-refractivity contribution in [3.63, 3.8) is 0 Å². The summed E-state index contributed by atoms with van der Waals surface area (Å²) in [7, 11) is 1.96. The molecule has 0 atom stereocenters. The number of amides is 3. The third-order valence-electron chi connectivity index (χ3n) is 8.31. The van der Waals surface area contributed by atoms with Crippen LogP contribution in [-0.4, -0.2) is 51.8 Å². The van der Waals surface area contributed by atoms with Gasteiger partial charge in [-0.05, 0) is 54.8 Å². The molecule has 1 aromatic heterocycles. The number of aryl methyl sites for hydroxylation is 1. The van der Waals surface area contributed by atoms with Crippen LogP contribution in [-0.2, 0) is 31.0 Å². The minimum atomic E-state index is -4.53. The van der Waals surface area contributed by atoms with Crippen LogP contribution in [0.3, 0.4) is 0 Å². The molecule has 1 N–H and O–H groups in total. The van der Waals surface area contributed by atoms with E-state index in [0.717, 1.165) is 33.9 Å². The minimum absolute atomic E-state index is 0.0183. The lowest BCUT2D eigenvalue weighted by molar-refractivity contribution is -0.137. The van der Waals surface area contributed by atoms with Crippen molar-refractivity contribution in [1.29, 1.82) is 0 Å². The first-order chi connectivity index (χ1) is 20.6. The lowest BCUT2D eigenvalue weighted by Crippen LogP contribution is -2.41. The molecule has 3 amide bonds. The number of benzene rings is 3. The van der Waals surface area contributed by atoms with Gasteiger partial charge in [0.15, 0.2) is 0 Å². The topological polar surface area (TPSA) is 87.5 Å². The van der Waals surface area contributed by atoms with Crippen molar-refractivity contribution in [2.75, 3.05) is 24.5 Å². The first-order valence-corrected chi connectivity index (χ1v) is 14.2. The zero-order chi connectivity index (χ0) is 30.3. The maximum Gasteiger partial charge on any atom is 0.416 e. The monoisotopic (exact) mass is 589 g/mol. The van der Waals surface area contributed by atoms with Crippen LogP contribution < -0.4 is 10.2 Å². The molecule has 43 heavy (non-hydrogen) atoms. The second-order valence-corrected chi connectivity index (χ2v) is 11.0. The molecule has 3 aromatic carbocycles. The molecule has 0 saturated carbocycles. The zero-order valence-electron chi connectivity index (χ0n) is 23.5. The Morgan fingerprint density at radius 3 is 2.47 bits per heavy atom. The highest BCUT2D eigenvalue weighted by Gasteiger charge is 2.39. The predicted octanol–water partition coefficient (Wildman–Crippen LogP) is 4.96. The van der Waals surface area contributed by atoms with Gasteiger partial charge >= 0.3 is 6.18 Å². The first kappa shape index (κ1) is 28.4. The van der Waals surface area contributed by atoms with Gasteiger partial charge in [0.1, 0.15) is 5.82 Å². The Kier molecular flexibility index (Phi) is 7.41. The summed E-state index contributed by atoms with van der Waals surface area (Å²) >= 11 is 0. The lowest BCUT2D eigenvalue weighted by Gasteiger charge is -2.33. The molecular formula is C32H30F3N5O3. The van der Waals surface area contributed by atoms with Crippen molar-refractivity contribution in [2.24, 2.45) is 13.0 Å². The normalized spacial score (nSPS) is 15.8. The molecule has 1 fully saturated rings. The fourth-order valence-electron chi connectivity index (χ4n) is 5.99. The Balaban J connectivity index is 1.08. The van der Waals surface area contributed by atoms with Gasteiger partial charge in [-0.1, -0.05) is 30.3 Å². The van der Waals surface area contributed by atoms with E-state index < -0.39 is 23.6 Å². The zero-order valence-corrected chi connectivity index (χ0v) is 23.5. The van der Waals surface area contributed by atoms with Crippen molar-refractivity contribution in [3.05, 3.63) is 94.8 Å². The summed E-state index contributed by atoms with van der Waals surface area (Å²) in [6.07, 6.45) is -2.75. The van der Waals surface area contributed by atoms with Crippen LogP contribution in [0.2, 0.25) is 0 Å². The highest BCUT2D eigenvalue weighted by Crippen LogP contribution is 2.35. The predicted molar refractivity (Wildman–Crippen MR) is 154 cm³/mol. The van der Waals surface area contributed by atoms with Crippen molar-refractivity contribution in [3.8, 4) is 0 Å². The number of carbonyl (C=O) groups is 3. The van der Waals surface area contributed by atoms with E-state index in [1.807, 2.05) is 40.8 Å². The molecule has 0 unspecified atom stereocenters. The fourth-order valence-corrected chi connectivity index (χ4v) is 5.99. The standard InChI is InChI=1S/C32H30F3N5O3/c1-38-25-10-3-2-9-24(25)37-27(38)12-15-36-29(41)21-13-16-39(17-14-21)26-11-5-8-23-28(26)31(43)40(30(23)42)19-20-6-4-7-22(18-20)32(33,34)35/h2-11,18,21H,12-17,19H2,1H3,(H,36,41). The maximum atomic E-state index is 13.4. The number of fused-ring (bicyclic) bond motifs is 2. The van der Waals surface area contributed by atoms with Gasteiger partial charge in [-0.2, -0.15) is 13.2 Å². The van der Waals surface area contributed by atoms with Crippen molar-refractivity contribution < 1.29 is 27.6 Å². The Morgan fingerprint density at radius 2 is 1.72 bits per heavy atom. The van der Waals surface area contributed by atoms with Crippen LogP contribution in [0.15, 0.2) is 66.7 Å². The summed E-state index contributed by atoms with van der Waals surface area (Å²) in [6, 6.07) is 17.6. The van der Waals surface area contributed by atoms with Crippen LogP contribution >= 0.6 is 0 Å². The van der Waals surface area contributed by atoms with Crippen molar-refractivity contribution in [2.45, 2.75) is 32.0 Å². The number of aromatic nitrogens is 2. The number of nitrogens with zero attached hydrogens (tertiary/aromatic N) is 4. The average Bonchev–Trinajstić information content (AvgIpc) is 3.45. The van der Waals surface area contributed by atoms with Crippen molar-refractivity contribution >= 4 is 34.4 Å². The van der Waals surface area contributed by atoms with E-state index in [9.17, 15) is 27.6 Å². The van der Waals surface area contributed by atoms with Crippen LogP contribution in [0, 0.1) is 5.92 Å². The van der Waals surface area contributed by atoms with E-state index >= 15 is 0 Å². The number of alkyl halides is 3. The van der Waals surface area contributed by atoms with Gasteiger partial charge in [0.2, 0.25) is 5.91 Å². The molecule has 4 aromatic rings. The molecule has 11 heteroatoms. The van der Waals surface area contributed by atoms with E-state index in [1.54, 1.807) is 18.2 Å². The number of rotatable bonds is 7. The fraction of sp³-hybridized carbons (Fsp3) is 0.312. The quantitative estimate of drug-likeness (QED) is 0.308. The summed E-state index contributed by atoms with van der Waals surface area (Å²) in [5.41, 5.74) is 2.44. The largest absolute Gasteiger partial charge is 0.416 e. The maximum absolute atomic E-state index is 13.4. The van der Waals surface area contributed by atoms with Gasteiger partial charge in [-0.15, -0.1) is 0 Å². The molecule has 8 nitrogen and oxygen atoms in total. The molecule has 3 heterocycles. The number of imide groups is 1. The number of imidazole rings is 1. The molecule has 222 valence electrons.